The van der Waals surface area contributed by atoms with Crippen molar-refractivity contribution >= 4 is 83.6 Å². The maximum atomic E-state index is 13.6. The van der Waals surface area contributed by atoms with Gasteiger partial charge in [-0.15, -0.1) is 0 Å². The number of anilines is 1. The number of furan rings is 1. The molecule has 8 nitrogen and oxygen atoms in total. The van der Waals surface area contributed by atoms with Crippen LogP contribution in [0.2, 0.25) is 0 Å². The van der Waals surface area contributed by atoms with E-state index in [0.29, 0.717) is 7.14 Å². The van der Waals surface area contributed by atoms with E-state index in [1.54, 1.807) is 13.8 Å². The molecule has 0 radical (unpaired) electrons. The standard InChI is InChI=1S/C21H16F3I2NO7S/c1-9(2)19-17(18(30)10-5-13(25)20(14(26)6-10)33-8-16(28)29)12-7-11(3-4-15(12)34-19)27-35(31,32)21(22,23)24/h3-7,9,27H,8H2,1-2H3,(H,28,29). The highest BCUT2D eigenvalue weighted by molar-refractivity contribution is 14.1. The summed E-state index contributed by atoms with van der Waals surface area (Å²) in [6.07, 6.45) is 0. The first-order valence-corrected chi connectivity index (χ1v) is 13.3. The van der Waals surface area contributed by atoms with Gasteiger partial charge in [0.25, 0.3) is 0 Å². The summed E-state index contributed by atoms with van der Waals surface area (Å²) in [6, 6.07) is 6.47. The second kappa shape index (κ2) is 10.1. The van der Waals surface area contributed by atoms with Crippen LogP contribution in [-0.4, -0.2) is 37.4 Å². The minimum Gasteiger partial charge on any atom is -0.480 e. The Labute approximate surface area is 224 Å². The normalized spacial score (nSPS) is 12.2. The predicted octanol–water partition coefficient (Wildman–Crippen LogP) is 5.72. The third-order valence-corrected chi connectivity index (χ3v) is 7.34. The molecule has 0 fully saturated rings. The van der Waals surface area contributed by atoms with Crippen LogP contribution in [0.15, 0.2) is 34.7 Å². The van der Waals surface area contributed by atoms with Crippen LogP contribution < -0.4 is 9.46 Å². The number of ketones is 1. The summed E-state index contributed by atoms with van der Waals surface area (Å²) in [4.78, 5) is 24.4. The van der Waals surface area contributed by atoms with Gasteiger partial charge in [-0.2, -0.15) is 21.6 Å². The predicted molar refractivity (Wildman–Crippen MR) is 137 cm³/mol. The molecule has 0 aliphatic carbocycles. The van der Waals surface area contributed by atoms with E-state index in [2.05, 4.69) is 0 Å². The van der Waals surface area contributed by atoms with Crippen LogP contribution in [0.5, 0.6) is 5.75 Å². The van der Waals surface area contributed by atoms with E-state index < -0.39 is 33.9 Å². The quantitative estimate of drug-likeness (QED) is 0.224. The van der Waals surface area contributed by atoms with Crippen molar-refractivity contribution in [3.05, 3.63) is 54.4 Å². The Morgan fingerprint density at radius 1 is 1.14 bits per heavy atom. The minimum atomic E-state index is -5.67. The molecule has 3 rings (SSSR count). The van der Waals surface area contributed by atoms with Crippen LogP contribution in [0.3, 0.4) is 0 Å². The van der Waals surface area contributed by atoms with Crippen LogP contribution in [0, 0.1) is 7.14 Å². The molecule has 14 heteroatoms. The topological polar surface area (TPSA) is 123 Å². The van der Waals surface area contributed by atoms with Crippen molar-refractivity contribution in [1.82, 2.24) is 0 Å². The third kappa shape index (κ3) is 5.84. The number of aliphatic carboxylic acids is 1. The maximum Gasteiger partial charge on any atom is 0.516 e. The lowest BCUT2D eigenvalue weighted by atomic mass is 9.96. The molecule has 35 heavy (non-hydrogen) atoms. The summed E-state index contributed by atoms with van der Waals surface area (Å²) in [5.41, 5.74) is -5.43. The van der Waals surface area contributed by atoms with Crippen molar-refractivity contribution in [1.29, 1.82) is 0 Å². The molecule has 0 aliphatic rings. The fourth-order valence-electron chi connectivity index (χ4n) is 3.14. The van der Waals surface area contributed by atoms with E-state index >= 15 is 0 Å². The van der Waals surface area contributed by atoms with Crippen LogP contribution in [0.4, 0.5) is 18.9 Å². The van der Waals surface area contributed by atoms with Gasteiger partial charge in [-0.25, -0.2) is 4.79 Å². The molecule has 1 heterocycles. The third-order valence-electron chi connectivity index (χ3n) is 4.62. The monoisotopic (exact) mass is 737 g/mol. The van der Waals surface area contributed by atoms with Gasteiger partial charge in [0.15, 0.2) is 12.4 Å². The Morgan fingerprint density at radius 2 is 1.74 bits per heavy atom. The fraction of sp³-hybridized carbons (Fsp3) is 0.238. The number of carboxylic acids is 1. The van der Waals surface area contributed by atoms with Gasteiger partial charge in [-0.1, -0.05) is 13.8 Å². The lowest BCUT2D eigenvalue weighted by molar-refractivity contribution is -0.139. The molecule has 0 bridgehead atoms. The van der Waals surface area contributed by atoms with Crippen molar-refractivity contribution in [2.45, 2.75) is 25.3 Å². The molecule has 3 aromatic rings. The zero-order valence-electron chi connectivity index (χ0n) is 17.9. The average molecular weight is 737 g/mol. The molecule has 188 valence electrons. The van der Waals surface area contributed by atoms with Gasteiger partial charge in [0.1, 0.15) is 17.1 Å². The van der Waals surface area contributed by atoms with E-state index in [4.69, 9.17) is 14.3 Å². The zero-order valence-corrected chi connectivity index (χ0v) is 23.0. The first-order chi connectivity index (χ1) is 16.1. The van der Waals surface area contributed by atoms with Crippen molar-refractivity contribution in [3.8, 4) is 5.75 Å². The average Bonchev–Trinajstić information content (AvgIpc) is 3.10. The van der Waals surface area contributed by atoms with Crippen molar-refractivity contribution < 1.29 is 45.4 Å². The molecular formula is C21H16F3I2NO7S. The number of carbonyl (C=O) groups is 2. The lowest BCUT2D eigenvalue weighted by Crippen LogP contribution is -2.29. The van der Waals surface area contributed by atoms with Crippen LogP contribution >= 0.6 is 45.2 Å². The highest BCUT2D eigenvalue weighted by atomic mass is 127. The van der Waals surface area contributed by atoms with Gasteiger partial charge in [0.05, 0.1) is 12.7 Å². The largest absolute Gasteiger partial charge is 0.516 e. The number of hydrogen-bond donors (Lipinski definition) is 2. The molecular weight excluding hydrogens is 721 g/mol. The van der Waals surface area contributed by atoms with Crippen LogP contribution in [0.1, 0.15) is 41.4 Å². The first-order valence-electron chi connectivity index (χ1n) is 9.66. The molecule has 2 aromatic carbocycles. The zero-order chi connectivity index (χ0) is 26.3. The van der Waals surface area contributed by atoms with Crippen molar-refractivity contribution in [2.24, 2.45) is 0 Å². The van der Waals surface area contributed by atoms with E-state index in [1.165, 1.54) is 22.9 Å². The molecule has 0 aliphatic heterocycles. The molecule has 0 spiro atoms. The Hall–Kier alpha value is -2.08. The molecule has 0 unspecified atom stereocenters. The Balaban J connectivity index is 2.12. The van der Waals surface area contributed by atoms with Gasteiger partial charge >= 0.3 is 21.5 Å². The van der Waals surface area contributed by atoms with Gasteiger partial charge in [-0.05, 0) is 75.5 Å². The first kappa shape index (κ1) is 27.5. The minimum absolute atomic E-state index is 0.0776. The number of ether oxygens (including phenoxy) is 1. The number of rotatable bonds is 8. The number of sulfonamides is 1. The van der Waals surface area contributed by atoms with Crippen LogP contribution in [0.25, 0.3) is 11.0 Å². The number of halogens is 5. The van der Waals surface area contributed by atoms with Crippen molar-refractivity contribution in [3.63, 3.8) is 0 Å². The van der Waals surface area contributed by atoms with Gasteiger partial charge < -0.3 is 14.3 Å². The number of carboxylic acid groups (broad SMARTS) is 1. The molecule has 2 N–H and O–H groups in total. The second-order valence-electron chi connectivity index (χ2n) is 7.54. The lowest BCUT2D eigenvalue weighted by Gasteiger charge is -2.12. The second-order valence-corrected chi connectivity index (χ2v) is 11.5. The van der Waals surface area contributed by atoms with Crippen LogP contribution in [-0.2, 0) is 14.8 Å². The summed E-state index contributed by atoms with van der Waals surface area (Å²) < 4.78 is 75.0. The van der Waals surface area contributed by atoms with E-state index in [1.807, 2.05) is 45.2 Å². The summed E-state index contributed by atoms with van der Waals surface area (Å²) in [6.45, 7) is 2.95. The molecule has 0 amide bonds. The van der Waals surface area contributed by atoms with E-state index in [-0.39, 0.29) is 45.2 Å². The Kier molecular flexibility index (Phi) is 7.95. The summed E-state index contributed by atoms with van der Waals surface area (Å²) >= 11 is 3.79. The Bertz CT molecular complexity index is 1410. The Morgan fingerprint density at radius 3 is 2.26 bits per heavy atom. The highest BCUT2D eigenvalue weighted by Gasteiger charge is 2.46. The summed E-state index contributed by atoms with van der Waals surface area (Å²) in [5, 5.41) is 8.98. The number of benzene rings is 2. The maximum absolute atomic E-state index is 13.6. The van der Waals surface area contributed by atoms with Gasteiger partial charge in [0, 0.05) is 22.6 Å². The number of alkyl halides is 3. The number of carbonyl (C=O) groups excluding carboxylic acids is 1. The number of hydrogen-bond acceptors (Lipinski definition) is 6. The number of nitrogens with one attached hydrogen (secondary N) is 1. The SMILES string of the molecule is CC(C)c1oc2ccc(NS(=O)(=O)C(F)(F)F)cc2c1C(=O)c1cc(I)c(OCC(=O)O)c(I)c1. The molecule has 0 saturated heterocycles. The number of fused-ring (bicyclic) bond motifs is 1. The summed E-state index contributed by atoms with van der Waals surface area (Å²) in [7, 11) is -5.67. The van der Waals surface area contributed by atoms with Gasteiger partial charge in [-0.3, -0.25) is 9.52 Å². The van der Waals surface area contributed by atoms with Crippen molar-refractivity contribution in [2.75, 3.05) is 11.3 Å². The van der Waals surface area contributed by atoms with E-state index in [0.717, 1.165) is 12.1 Å². The molecule has 1 aromatic heterocycles. The molecule has 0 saturated carbocycles. The highest BCUT2D eigenvalue weighted by Crippen LogP contribution is 2.37. The smallest absolute Gasteiger partial charge is 0.480 e. The fourth-order valence-corrected chi connectivity index (χ4v) is 5.77. The van der Waals surface area contributed by atoms with Gasteiger partial charge in [0.2, 0.25) is 0 Å². The van der Waals surface area contributed by atoms with E-state index in [9.17, 15) is 31.2 Å². The molecule has 0 atom stereocenters. The summed E-state index contributed by atoms with van der Waals surface area (Å²) in [5.74, 6) is -1.40.